The van der Waals surface area contributed by atoms with Gasteiger partial charge in [0.25, 0.3) is 0 Å². The topological polar surface area (TPSA) is 51.3 Å². The van der Waals surface area contributed by atoms with Gasteiger partial charge in [0.2, 0.25) is 0 Å². The molecule has 0 aliphatic rings. The lowest BCUT2D eigenvalue weighted by Gasteiger charge is -2.06. The number of rotatable bonds is 9. The van der Waals surface area contributed by atoms with E-state index in [1.54, 1.807) is 12.1 Å². The maximum absolute atomic E-state index is 13.4. The van der Waals surface area contributed by atoms with Gasteiger partial charge in [-0.2, -0.15) is 0 Å². The molecule has 1 N–H and O–H groups in total. The van der Waals surface area contributed by atoms with Crippen molar-refractivity contribution < 1.29 is 18.7 Å². The molecule has 4 aromatic rings. The Morgan fingerprint density at radius 1 is 1.00 bits per heavy atom. The fraction of sp³-hybridized carbons (Fsp3) is 0.148. The number of aromatic amines is 1. The first-order chi connectivity index (χ1) is 15.7. The number of ether oxygens (including phenoxy) is 2. The van der Waals surface area contributed by atoms with Gasteiger partial charge in [-0.3, -0.25) is 0 Å². The monoisotopic (exact) mass is 429 g/mol. The average Bonchev–Trinajstić information content (AvgIpc) is 3.22. The van der Waals surface area contributed by atoms with Gasteiger partial charge in [0, 0.05) is 23.2 Å². The number of benzene rings is 3. The third kappa shape index (κ3) is 5.85. The van der Waals surface area contributed by atoms with Crippen LogP contribution in [0.1, 0.15) is 23.1 Å². The third-order valence-electron chi connectivity index (χ3n) is 5.10. The van der Waals surface area contributed by atoms with Gasteiger partial charge >= 0.3 is 5.97 Å². The van der Waals surface area contributed by atoms with Crippen molar-refractivity contribution in [1.29, 1.82) is 0 Å². The molecular formula is C27H24FNO3. The van der Waals surface area contributed by atoms with Crippen LogP contribution in [0, 0.1) is 5.82 Å². The van der Waals surface area contributed by atoms with E-state index in [0.29, 0.717) is 26.1 Å². The predicted molar refractivity (Wildman–Crippen MR) is 124 cm³/mol. The van der Waals surface area contributed by atoms with Crippen molar-refractivity contribution in [2.45, 2.75) is 19.4 Å². The summed E-state index contributed by atoms with van der Waals surface area (Å²) in [7, 11) is 0. The van der Waals surface area contributed by atoms with E-state index in [1.165, 1.54) is 18.2 Å². The molecule has 0 aliphatic heterocycles. The van der Waals surface area contributed by atoms with Crippen LogP contribution in [0.15, 0.2) is 85.1 Å². The minimum atomic E-state index is -0.389. The Bertz CT molecular complexity index is 1200. The highest BCUT2D eigenvalue weighted by Crippen LogP contribution is 2.20. The molecule has 0 bridgehead atoms. The fourth-order valence-corrected chi connectivity index (χ4v) is 3.42. The van der Waals surface area contributed by atoms with Crippen LogP contribution in [0.2, 0.25) is 0 Å². The van der Waals surface area contributed by atoms with Gasteiger partial charge in [0.05, 0.1) is 6.61 Å². The zero-order valence-electron chi connectivity index (χ0n) is 17.6. The van der Waals surface area contributed by atoms with Gasteiger partial charge in [-0.05, 0) is 65.9 Å². The van der Waals surface area contributed by atoms with Crippen LogP contribution in [-0.4, -0.2) is 17.6 Å². The quantitative estimate of drug-likeness (QED) is 0.199. The Balaban J connectivity index is 1.20. The number of halogens is 1. The second-order valence-corrected chi connectivity index (χ2v) is 7.45. The molecule has 0 atom stereocenters. The van der Waals surface area contributed by atoms with Crippen molar-refractivity contribution in [2.24, 2.45) is 0 Å². The molecular weight excluding hydrogens is 405 g/mol. The number of carbonyl (C=O) groups is 1. The maximum atomic E-state index is 13.4. The molecule has 0 radical (unpaired) electrons. The zero-order chi connectivity index (χ0) is 22.2. The molecule has 0 amide bonds. The highest BCUT2D eigenvalue weighted by atomic mass is 19.1. The third-order valence-corrected chi connectivity index (χ3v) is 5.10. The van der Waals surface area contributed by atoms with Crippen LogP contribution in [0.25, 0.3) is 17.0 Å². The second-order valence-electron chi connectivity index (χ2n) is 7.45. The van der Waals surface area contributed by atoms with Gasteiger partial charge in [-0.15, -0.1) is 0 Å². The average molecular weight is 429 g/mol. The van der Waals surface area contributed by atoms with Crippen molar-refractivity contribution >= 4 is 22.9 Å². The molecule has 1 heterocycles. The van der Waals surface area contributed by atoms with Crippen molar-refractivity contribution in [3.8, 4) is 5.75 Å². The number of hydrogen-bond donors (Lipinski definition) is 1. The molecule has 0 saturated heterocycles. The Labute approximate surface area is 186 Å². The molecule has 0 saturated carbocycles. The minimum absolute atomic E-state index is 0.259. The minimum Gasteiger partial charge on any atom is -0.489 e. The number of fused-ring (bicyclic) bond motifs is 1. The van der Waals surface area contributed by atoms with Crippen molar-refractivity contribution in [3.05, 3.63) is 108 Å². The van der Waals surface area contributed by atoms with E-state index in [-0.39, 0.29) is 11.8 Å². The number of esters is 1. The van der Waals surface area contributed by atoms with Crippen molar-refractivity contribution in [2.75, 3.05) is 6.61 Å². The second kappa shape index (κ2) is 10.4. The van der Waals surface area contributed by atoms with Crippen LogP contribution in [-0.2, 0) is 22.6 Å². The van der Waals surface area contributed by atoms with Gasteiger partial charge < -0.3 is 14.5 Å². The summed E-state index contributed by atoms with van der Waals surface area (Å²) in [4.78, 5) is 15.1. The molecule has 5 heteroatoms. The van der Waals surface area contributed by atoms with Crippen LogP contribution < -0.4 is 4.74 Å². The largest absolute Gasteiger partial charge is 0.489 e. The molecule has 0 aliphatic carbocycles. The number of aryl methyl sites for hydroxylation is 1. The summed E-state index contributed by atoms with van der Waals surface area (Å²) < 4.78 is 24.5. The summed E-state index contributed by atoms with van der Waals surface area (Å²) in [6, 6.07) is 22.2. The van der Waals surface area contributed by atoms with Crippen LogP contribution in [0.5, 0.6) is 5.75 Å². The number of aromatic nitrogens is 1. The maximum Gasteiger partial charge on any atom is 0.330 e. The van der Waals surface area contributed by atoms with E-state index >= 15 is 0 Å². The number of hydrogen-bond acceptors (Lipinski definition) is 3. The van der Waals surface area contributed by atoms with Gasteiger partial charge in [0.1, 0.15) is 18.2 Å². The molecule has 0 spiro atoms. The highest BCUT2D eigenvalue weighted by Gasteiger charge is 2.05. The van der Waals surface area contributed by atoms with Gasteiger partial charge in [-0.25, -0.2) is 9.18 Å². The number of H-pyrrole nitrogens is 1. The smallest absolute Gasteiger partial charge is 0.330 e. The summed E-state index contributed by atoms with van der Waals surface area (Å²) in [6.07, 6.45) is 6.37. The Morgan fingerprint density at radius 2 is 1.81 bits per heavy atom. The lowest BCUT2D eigenvalue weighted by Crippen LogP contribution is -2.03. The lowest BCUT2D eigenvalue weighted by molar-refractivity contribution is -0.137. The Kier molecular flexibility index (Phi) is 6.98. The summed E-state index contributed by atoms with van der Waals surface area (Å²) in [6.45, 7) is 0.813. The zero-order valence-corrected chi connectivity index (χ0v) is 17.6. The van der Waals surface area contributed by atoms with Crippen LogP contribution in [0.4, 0.5) is 4.39 Å². The van der Waals surface area contributed by atoms with E-state index in [2.05, 4.69) is 4.98 Å². The van der Waals surface area contributed by atoms with E-state index in [9.17, 15) is 9.18 Å². The van der Waals surface area contributed by atoms with Crippen LogP contribution >= 0.6 is 0 Å². The first kappa shape index (κ1) is 21.4. The number of carbonyl (C=O) groups excluding carboxylic acids is 1. The molecule has 0 unspecified atom stereocenters. The summed E-state index contributed by atoms with van der Waals surface area (Å²) in [5.74, 6) is 0.121. The normalized spacial score (nSPS) is 11.2. The van der Waals surface area contributed by atoms with E-state index in [1.807, 2.05) is 60.8 Å². The van der Waals surface area contributed by atoms with Crippen molar-refractivity contribution in [1.82, 2.24) is 4.98 Å². The SMILES string of the molecule is O=C(/C=C/c1ccc(OCc2ccccc2)cc1)OCCCc1c[nH]c2ccc(F)cc12. The van der Waals surface area contributed by atoms with Crippen LogP contribution in [0.3, 0.4) is 0 Å². The highest BCUT2D eigenvalue weighted by molar-refractivity contribution is 5.87. The van der Waals surface area contributed by atoms with E-state index in [4.69, 9.17) is 9.47 Å². The predicted octanol–water partition coefficient (Wildman–Crippen LogP) is 6.08. The Hall–Kier alpha value is -3.86. The lowest BCUT2D eigenvalue weighted by atomic mass is 10.1. The first-order valence-corrected chi connectivity index (χ1v) is 10.5. The summed E-state index contributed by atoms with van der Waals surface area (Å²) >= 11 is 0. The van der Waals surface area contributed by atoms with E-state index in [0.717, 1.165) is 33.3 Å². The molecule has 162 valence electrons. The van der Waals surface area contributed by atoms with Gasteiger partial charge in [0.15, 0.2) is 0 Å². The molecule has 3 aromatic carbocycles. The standard InChI is InChI=1S/C27H24FNO3/c28-23-11-14-26-25(17-23)22(18-29-26)7-4-16-31-27(30)15-10-20-8-12-24(13-9-20)32-19-21-5-2-1-3-6-21/h1-3,5-6,8-15,17-18,29H,4,7,16,19H2/b15-10+. The fourth-order valence-electron chi connectivity index (χ4n) is 3.42. The number of nitrogens with one attached hydrogen (secondary N) is 1. The first-order valence-electron chi connectivity index (χ1n) is 10.5. The summed E-state index contributed by atoms with van der Waals surface area (Å²) in [5, 5.41) is 0.868. The summed E-state index contributed by atoms with van der Waals surface area (Å²) in [5.41, 5.74) is 3.91. The molecule has 32 heavy (non-hydrogen) atoms. The Morgan fingerprint density at radius 3 is 2.62 bits per heavy atom. The van der Waals surface area contributed by atoms with E-state index < -0.39 is 0 Å². The molecule has 1 aromatic heterocycles. The van der Waals surface area contributed by atoms with Crippen molar-refractivity contribution in [3.63, 3.8) is 0 Å². The molecule has 0 fully saturated rings. The molecule has 4 rings (SSSR count). The molecule has 4 nitrogen and oxygen atoms in total. The van der Waals surface area contributed by atoms with Gasteiger partial charge in [-0.1, -0.05) is 42.5 Å².